The van der Waals surface area contributed by atoms with Crippen molar-refractivity contribution >= 4 is 22.6 Å². The summed E-state index contributed by atoms with van der Waals surface area (Å²) >= 11 is 6.15. The maximum absolute atomic E-state index is 13.8. The number of benzene rings is 1. The van der Waals surface area contributed by atoms with Gasteiger partial charge in [-0.2, -0.15) is 5.10 Å². The molecule has 2 heterocycles. The first-order valence-corrected chi connectivity index (χ1v) is 6.07. The van der Waals surface area contributed by atoms with Crippen molar-refractivity contribution in [1.29, 1.82) is 0 Å². The second kappa shape index (κ2) is 4.28. The predicted octanol–water partition coefficient (Wildman–Crippen LogP) is 3.13. The van der Waals surface area contributed by atoms with Gasteiger partial charge in [-0.1, -0.05) is 23.7 Å². The van der Waals surface area contributed by atoms with Crippen molar-refractivity contribution in [2.45, 2.75) is 6.92 Å². The molecule has 0 aliphatic carbocycles. The molecule has 0 saturated carbocycles. The van der Waals surface area contributed by atoms with Crippen LogP contribution in [-0.4, -0.2) is 19.7 Å². The molecule has 0 bridgehead atoms. The Kier molecular flexibility index (Phi) is 2.71. The molecule has 3 rings (SSSR count). The van der Waals surface area contributed by atoms with Crippen LogP contribution in [0.15, 0.2) is 24.3 Å². The van der Waals surface area contributed by atoms with E-state index in [0.29, 0.717) is 16.6 Å². The Bertz CT molecular complexity index is 782. The third-order valence-corrected chi connectivity index (χ3v) is 3.19. The summed E-state index contributed by atoms with van der Waals surface area (Å²) < 4.78 is 15.4. The van der Waals surface area contributed by atoms with Crippen LogP contribution in [0.5, 0.6) is 0 Å². The van der Waals surface area contributed by atoms with Crippen LogP contribution in [0.4, 0.5) is 4.39 Å². The quantitative estimate of drug-likeness (QED) is 0.641. The summed E-state index contributed by atoms with van der Waals surface area (Å²) in [6.07, 6.45) is 0. The van der Waals surface area contributed by atoms with Crippen LogP contribution < -0.4 is 0 Å². The molecular weight excluding hydrogens is 267 g/mol. The number of fused-ring (bicyclic) bond motifs is 1. The van der Waals surface area contributed by atoms with Gasteiger partial charge in [-0.05, 0) is 19.1 Å². The van der Waals surface area contributed by atoms with Crippen LogP contribution >= 0.6 is 11.6 Å². The van der Waals surface area contributed by atoms with Crippen LogP contribution in [0.25, 0.3) is 22.4 Å². The van der Waals surface area contributed by atoms with E-state index in [0.717, 1.165) is 5.69 Å². The molecule has 4 nitrogen and oxygen atoms in total. The zero-order valence-corrected chi connectivity index (χ0v) is 11.1. The number of aromatic nitrogens is 4. The molecule has 0 radical (unpaired) electrons. The van der Waals surface area contributed by atoms with Crippen LogP contribution in [0.1, 0.15) is 5.69 Å². The standard InChI is InChI=1S/C13H10ClFN4/c1-7-10-11(19(2)18-7)12(14)17-13(16-10)8-5-3-4-6-9(8)15/h3-6H,1-2H3. The van der Waals surface area contributed by atoms with Crippen LogP contribution in [-0.2, 0) is 7.05 Å². The van der Waals surface area contributed by atoms with Gasteiger partial charge in [0.25, 0.3) is 0 Å². The number of aryl methyl sites for hydroxylation is 2. The Hall–Kier alpha value is -2.01. The Balaban J connectivity index is 2.33. The van der Waals surface area contributed by atoms with Gasteiger partial charge in [0.05, 0.1) is 11.3 Å². The first-order valence-electron chi connectivity index (χ1n) is 5.69. The number of rotatable bonds is 1. The maximum atomic E-state index is 13.8. The Labute approximate surface area is 113 Å². The van der Waals surface area contributed by atoms with E-state index in [1.54, 1.807) is 29.9 Å². The van der Waals surface area contributed by atoms with E-state index >= 15 is 0 Å². The Morgan fingerprint density at radius 3 is 2.68 bits per heavy atom. The number of nitrogens with zero attached hydrogens (tertiary/aromatic N) is 4. The lowest BCUT2D eigenvalue weighted by molar-refractivity contribution is 0.630. The minimum absolute atomic E-state index is 0.270. The number of hydrogen-bond donors (Lipinski definition) is 0. The summed E-state index contributed by atoms with van der Waals surface area (Å²) in [4.78, 5) is 8.53. The van der Waals surface area contributed by atoms with Gasteiger partial charge in [0.1, 0.15) is 16.9 Å². The average molecular weight is 277 g/mol. The Morgan fingerprint density at radius 2 is 1.95 bits per heavy atom. The molecule has 0 aliphatic rings. The molecule has 0 saturated heterocycles. The summed E-state index contributed by atoms with van der Waals surface area (Å²) in [5, 5.41) is 4.51. The van der Waals surface area contributed by atoms with Crippen molar-refractivity contribution in [3.63, 3.8) is 0 Å². The predicted molar refractivity (Wildman–Crippen MR) is 71.4 cm³/mol. The van der Waals surface area contributed by atoms with Gasteiger partial charge >= 0.3 is 0 Å². The molecule has 0 N–H and O–H groups in total. The molecule has 0 unspecified atom stereocenters. The highest BCUT2D eigenvalue weighted by Gasteiger charge is 2.16. The van der Waals surface area contributed by atoms with Crippen molar-refractivity contribution in [3.8, 4) is 11.4 Å². The van der Waals surface area contributed by atoms with Gasteiger partial charge in [0.15, 0.2) is 11.0 Å². The first kappa shape index (κ1) is 12.0. The van der Waals surface area contributed by atoms with Gasteiger partial charge in [0, 0.05) is 7.05 Å². The van der Waals surface area contributed by atoms with E-state index in [2.05, 4.69) is 15.1 Å². The molecule has 6 heteroatoms. The van der Waals surface area contributed by atoms with Gasteiger partial charge in [-0.15, -0.1) is 0 Å². The van der Waals surface area contributed by atoms with E-state index in [1.807, 2.05) is 6.92 Å². The largest absolute Gasteiger partial charge is 0.263 e. The molecule has 1 aromatic carbocycles. The minimum atomic E-state index is -0.375. The van der Waals surface area contributed by atoms with Gasteiger partial charge in [0.2, 0.25) is 0 Å². The van der Waals surface area contributed by atoms with Crippen molar-refractivity contribution in [2.24, 2.45) is 7.05 Å². The van der Waals surface area contributed by atoms with Gasteiger partial charge < -0.3 is 0 Å². The second-order valence-electron chi connectivity index (χ2n) is 4.22. The van der Waals surface area contributed by atoms with Crippen LogP contribution in [0, 0.1) is 12.7 Å². The zero-order chi connectivity index (χ0) is 13.6. The molecule has 19 heavy (non-hydrogen) atoms. The second-order valence-corrected chi connectivity index (χ2v) is 4.58. The van der Waals surface area contributed by atoms with Crippen LogP contribution in [0.2, 0.25) is 5.15 Å². The molecular formula is C13H10ClFN4. The average Bonchev–Trinajstić information content (AvgIpc) is 2.65. The van der Waals surface area contributed by atoms with Crippen molar-refractivity contribution in [3.05, 3.63) is 40.9 Å². The lowest BCUT2D eigenvalue weighted by atomic mass is 10.2. The fourth-order valence-electron chi connectivity index (χ4n) is 2.05. The monoisotopic (exact) mass is 276 g/mol. The summed E-state index contributed by atoms with van der Waals surface area (Å²) in [7, 11) is 1.77. The molecule has 2 aromatic heterocycles. The summed E-state index contributed by atoms with van der Waals surface area (Å²) in [5.74, 6) is -0.105. The molecule has 0 aliphatic heterocycles. The number of halogens is 2. The van der Waals surface area contributed by atoms with Gasteiger partial charge in [-0.25, -0.2) is 14.4 Å². The first-order chi connectivity index (χ1) is 9.08. The zero-order valence-electron chi connectivity index (χ0n) is 10.4. The minimum Gasteiger partial charge on any atom is -0.263 e. The highest BCUT2D eigenvalue weighted by Crippen LogP contribution is 2.27. The lowest BCUT2D eigenvalue weighted by Gasteiger charge is -2.03. The van der Waals surface area contributed by atoms with E-state index in [4.69, 9.17) is 11.6 Å². The number of hydrogen-bond acceptors (Lipinski definition) is 3. The summed E-state index contributed by atoms with van der Waals surface area (Å²) in [6, 6.07) is 6.34. The van der Waals surface area contributed by atoms with E-state index < -0.39 is 0 Å². The normalized spacial score (nSPS) is 11.2. The SMILES string of the molecule is Cc1nn(C)c2c(Cl)nc(-c3ccccc3F)nc12. The topological polar surface area (TPSA) is 43.6 Å². The molecule has 0 amide bonds. The molecule has 0 atom stereocenters. The van der Waals surface area contributed by atoms with Crippen molar-refractivity contribution < 1.29 is 4.39 Å². The summed E-state index contributed by atoms with van der Waals surface area (Å²) in [6.45, 7) is 1.83. The molecule has 0 fully saturated rings. The molecule has 0 spiro atoms. The molecule has 3 aromatic rings. The third kappa shape index (κ3) is 1.86. The fourth-order valence-corrected chi connectivity index (χ4v) is 2.34. The Morgan fingerprint density at radius 1 is 1.21 bits per heavy atom. The maximum Gasteiger partial charge on any atom is 0.164 e. The van der Waals surface area contributed by atoms with E-state index in [1.165, 1.54) is 6.07 Å². The van der Waals surface area contributed by atoms with E-state index in [9.17, 15) is 4.39 Å². The third-order valence-electron chi connectivity index (χ3n) is 2.92. The highest BCUT2D eigenvalue weighted by atomic mass is 35.5. The highest BCUT2D eigenvalue weighted by molar-refractivity contribution is 6.33. The lowest BCUT2D eigenvalue weighted by Crippen LogP contribution is -1.96. The molecule has 96 valence electrons. The van der Waals surface area contributed by atoms with Crippen molar-refractivity contribution in [2.75, 3.05) is 0 Å². The van der Waals surface area contributed by atoms with Crippen LogP contribution in [0.3, 0.4) is 0 Å². The fraction of sp³-hybridized carbons (Fsp3) is 0.154. The van der Waals surface area contributed by atoms with Crippen molar-refractivity contribution in [1.82, 2.24) is 19.7 Å². The van der Waals surface area contributed by atoms with E-state index in [-0.39, 0.29) is 16.8 Å². The van der Waals surface area contributed by atoms with Gasteiger partial charge in [-0.3, -0.25) is 4.68 Å². The smallest absolute Gasteiger partial charge is 0.164 e. The summed E-state index contributed by atoms with van der Waals surface area (Å²) in [5.41, 5.74) is 2.36.